The minimum atomic E-state index is 0.0844. The molecule has 0 aliphatic heterocycles. The van der Waals surface area contributed by atoms with E-state index in [4.69, 9.17) is 4.42 Å². The number of oxazole rings is 1. The molecule has 0 saturated heterocycles. The van der Waals surface area contributed by atoms with Gasteiger partial charge in [0.25, 0.3) is 0 Å². The van der Waals surface area contributed by atoms with E-state index >= 15 is 0 Å². The van der Waals surface area contributed by atoms with Crippen LogP contribution in [0.3, 0.4) is 0 Å². The van der Waals surface area contributed by atoms with Gasteiger partial charge in [0.1, 0.15) is 5.76 Å². The van der Waals surface area contributed by atoms with Crippen molar-refractivity contribution in [1.82, 2.24) is 9.88 Å². The van der Waals surface area contributed by atoms with Gasteiger partial charge in [-0.05, 0) is 24.5 Å². The Labute approximate surface area is 148 Å². The molecule has 0 saturated carbocycles. The van der Waals surface area contributed by atoms with Crippen molar-refractivity contribution >= 4 is 0 Å². The van der Waals surface area contributed by atoms with Crippen LogP contribution in [0.5, 0.6) is 0 Å². The molecular weight excluding hydrogens is 312 g/mol. The molecule has 0 unspecified atom stereocenters. The number of aliphatic hydroxyl groups excluding tert-OH is 1. The molecule has 1 N–H and O–H groups in total. The largest absolute Gasteiger partial charge is 0.445 e. The van der Waals surface area contributed by atoms with Crippen LogP contribution in [0.15, 0.2) is 71.3 Å². The van der Waals surface area contributed by atoms with Gasteiger partial charge in [-0.25, -0.2) is 4.98 Å². The van der Waals surface area contributed by atoms with Crippen molar-refractivity contribution in [3.63, 3.8) is 0 Å². The van der Waals surface area contributed by atoms with Gasteiger partial charge in [-0.3, -0.25) is 4.90 Å². The van der Waals surface area contributed by atoms with E-state index in [1.165, 1.54) is 11.1 Å². The molecule has 4 heteroatoms. The summed E-state index contributed by atoms with van der Waals surface area (Å²) in [5, 5.41) is 9.34. The molecule has 0 spiro atoms. The Morgan fingerprint density at radius 2 is 1.60 bits per heavy atom. The van der Waals surface area contributed by atoms with E-state index in [0.717, 1.165) is 12.3 Å². The van der Waals surface area contributed by atoms with Gasteiger partial charge in [0.15, 0.2) is 0 Å². The number of aromatic nitrogens is 1. The van der Waals surface area contributed by atoms with Crippen molar-refractivity contribution in [3.05, 3.63) is 89.6 Å². The van der Waals surface area contributed by atoms with Gasteiger partial charge in [0.2, 0.25) is 5.89 Å². The molecule has 0 radical (unpaired) electrons. The van der Waals surface area contributed by atoms with Gasteiger partial charge < -0.3 is 9.52 Å². The molecule has 0 aliphatic carbocycles. The SMILES string of the molecule is Cc1cnc(CN(CCCO)C(c2ccccc2)c2ccccc2)o1. The maximum atomic E-state index is 9.34. The zero-order valence-corrected chi connectivity index (χ0v) is 14.5. The summed E-state index contributed by atoms with van der Waals surface area (Å²) >= 11 is 0. The van der Waals surface area contributed by atoms with Crippen molar-refractivity contribution in [1.29, 1.82) is 0 Å². The molecule has 4 nitrogen and oxygen atoms in total. The molecule has 0 atom stereocenters. The van der Waals surface area contributed by atoms with E-state index in [9.17, 15) is 5.11 Å². The summed E-state index contributed by atoms with van der Waals surface area (Å²) in [6, 6.07) is 21.0. The maximum absolute atomic E-state index is 9.34. The van der Waals surface area contributed by atoms with Gasteiger partial charge in [-0.15, -0.1) is 0 Å². The summed E-state index contributed by atoms with van der Waals surface area (Å²) < 4.78 is 5.70. The molecule has 2 aromatic carbocycles. The summed E-state index contributed by atoms with van der Waals surface area (Å²) in [5.74, 6) is 1.51. The molecule has 1 heterocycles. The lowest BCUT2D eigenvalue weighted by molar-refractivity contribution is 0.172. The minimum absolute atomic E-state index is 0.0844. The van der Waals surface area contributed by atoms with E-state index in [1.807, 2.05) is 19.1 Å². The summed E-state index contributed by atoms with van der Waals surface area (Å²) in [5.41, 5.74) is 2.44. The highest BCUT2D eigenvalue weighted by Crippen LogP contribution is 2.30. The predicted molar refractivity (Wildman–Crippen MR) is 98.1 cm³/mol. The highest BCUT2D eigenvalue weighted by Gasteiger charge is 2.23. The van der Waals surface area contributed by atoms with Crippen LogP contribution in [0.2, 0.25) is 0 Å². The lowest BCUT2D eigenvalue weighted by Gasteiger charge is -2.31. The van der Waals surface area contributed by atoms with E-state index in [-0.39, 0.29) is 12.6 Å². The molecule has 3 rings (SSSR count). The summed E-state index contributed by atoms with van der Waals surface area (Å²) in [4.78, 5) is 6.67. The summed E-state index contributed by atoms with van der Waals surface area (Å²) in [6.07, 6.45) is 2.45. The first kappa shape index (κ1) is 17.4. The van der Waals surface area contributed by atoms with Gasteiger partial charge in [0, 0.05) is 13.2 Å². The average molecular weight is 336 g/mol. The van der Waals surface area contributed by atoms with Gasteiger partial charge >= 0.3 is 0 Å². The minimum Gasteiger partial charge on any atom is -0.445 e. The van der Waals surface area contributed by atoms with Crippen LogP contribution in [0, 0.1) is 6.92 Å². The van der Waals surface area contributed by atoms with Gasteiger partial charge in [-0.2, -0.15) is 0 Å². The molecule has 3 aromatic rings. The van der Waals surface area contributed by atoms with Crippen molar-refractivity contribution < 1.29 is 9.52 Å². The Bertz CT molecular complexity index is 716. The van der Waals surface area contributed by atoms with Crippen LogP contribution in [0.4, 0.5) is 0 Å². The zero-order chi connectivity index (χ0) is 17.5. The Kier molecular flexibility index (Phi) is 5.99. The van der Waals surface area contributed by atoms with Crippen molar-refractivity contribution in [2.75, 3.05) is 13.2 Å². The fourth-order valence-electron chi connectivity index (χ4n) is 3.11. The molecule has 25 heavy (non-hydrogen) atoms. The smallest absolute Gasteiger partial charge is 0.208 e. The van der Waals surface area contributed by atoms with Crippen LogP contribution in [0.1, 0.15) is 35.2 Å². The first-order valence-corrected chi connectivity index (χ1v) is 8.64. The van der Waals surface area contributed by atoms with E-state index in [2.05, 4.69) is 58.4 Å². The number of benzene rings is 2. The summed E-state index contributed by atoms with van der Waals surface area (Å²) in [6.45, 7) is 3.42. The molecule has 0 aliphatic rings. The second-order valence-electron chi connectivity index (χ2n) is 6.14. The van der Waals surface area contributed by atoms with Gasteiger partial charge in [0.05, 0.1) is 18.8 Å². The standard InChI is InChI=1S/C21H24N2O2/c1-17-15-22-20(25-17)16-23(13-8-14-24)21(18-9-4-2-5-10-18)19-11-6-3-7-12-19/h2-7,9-12,15,21,24H,8,13-14,16H2,1H3. The first-order valence-electron chi connectivity index (χ1n) is 8.64. The number of aliphatic hydroxyl groups is 1. The van der Waals surface area contributed by atoms with Crippen molar-refractivity contribution in [2.24, 2.45) is 0 Å². The maximum Gasteiger partial charge on any atom is 0.208 e. The molecule has 1 aromatic heterocycles. The monoisotopic (exact) mass is 336 g/mol. The molecule has 130 valence electrons. The normalized spacial score (nSPS) is 11.4. The Balaban J connectivity index is 1.96. The second-order valence-corrected chi connectivity index (χ2v) is 6.14. The average Bonchev–Trinajstić information content (AvgIpc) is 3.06. The van der Waals surface area contributed by atoms with E-state index < -0.39 is 0 Å². The lowest BCUT2D eigenvalue weighted by atomic mass is 9.97. The van der Waals surface area contributed by atoms with Crippen LogP contribution < -0.4 is 0 Å². The molecule has 0 amide bonds. The number of nitrogens with zero attached hydrogens (tertiary/aromatic N) is 2. The second kappa shape index (κ2) is 8.60. The third kappa shape index (κ3) is 4.56. The number of aryl methyl sites for hydroxylation is 1. The Hall–Kier alpha value is -2.43. The number of hydrogen-bond acceptors (Lipinski definition) is 4. The fourth-order valence-corrected chi connectivity index (χ4v) is 3.11. The molecule has 0 fully saturated rings. The van der Waals surface area contributed by atoms with Gasteiger partial charge in [-0.1, -0.05) is 60.7 Å². The van der Waals surface area contributed by atoms with Crippen molar-refractivity contribution in [2.45, 2.75) is 25.9 Å². The Morgan fingerprint density at radius 3 is 2.08 bits per heavy atom. The van der Waals surface area contributed by atoms with Crippen LogP contribution >= 0.6 is 0 Å². The molecular formula is C21H24N2O2. The third-order valence-corrected chi connectivity index (χ3v) is 4.21. The van der Waals surface area contributed by atoms with E-state index in [1.54, 1.807) is 6.20 Å². The van der Waals surface area contributed by atoms with Crippen LogP contribution in [0.25, 0.3) is 0 Å². The van der Waals surface area contributed by atoms with Crippen molar-refractivity contribution in [3.8, 4) is 0 Å². The van der Waals surface area contributed by atoms with Crippen LogP contribution in [-0.2, 0) is 6.54 Å². The first-order chi connectivity index (χ1) is 12.3. The number of hydrogen-bond donors (Lipinski definition) is 1. The molecule has 0 bridgehead atoms. The third-order valence-electron chi connectivity index (χ3n) is 4.21. The highest BCUT2D eigenvalue weighted by atomic mass is 16.4. The number of rotatable bonds is 8. The topological polar surface area (TPSA) is 49.5 Å². The quantitative estimate of drug-likeness (QED) is 0.676. The van der Waals surface area contributed by atoms with E-state index in [0.29, 0.717) is 18.9 Å². The lowest BCUT2D eigenvalue weighted by Crippen LogP contribution is -2.31. The zero-order valence-electron chi connectivity index (χ0n) is 14.5. The summed E-state index contributed by atoms with van der Waals surface area (Å²) in [7, 11) is 0. The fraction of sp³-hybridized carbons (Fsp3) is 0.286. The highest BCUT2D eigenvalue weighted by molar-refractivity contribution is 5.31. The Morgan fingerprint density at radius 1 is 1.00 bits per heavy atom. The van der Waals surface area contributed by atoms with Crippen LogP contribution in [-0.4, -0.2) is 28.1 Å². The predicted octanol–water partition coefficient (Wildman–Crippen LogP) is 3.96.